The van der Waals surface area contributed by atoms with Gasteiger partial charge in [-0.25, -0.2) is 0 Å². The Morgan fingerprint density at radius 1 is 1.24 bits per heavy atom. The van der Waals surface area contributed by atoms with Crippen LogP contribution in [-0.4, -0.2) is 40.9 Å². The van der Waals surface area contributed by atoms with Crippen molar-refractivity contribution in [3.63, 3.8) is 0 Å². The van der Waals surface area contributed by atoms with Crippen LogP contribution >= 0.6 is 0 Å². The maximum Gasteiger partial charge on any atom is 0.302 e. The Morgan fingerprint density at radius 2 is 2.04 bits per heavy atom. The molecule has 0 radical (unpaired) electrons. The SMILES string of the molecule is CC(=O)OCCCCCNC[C@@H](O)c1ccc(O)c2[nH]c(=O)ccc12. The molecule has 7 heteroatoms. The molecule has 4 N–H and O–H groups in total. The summed E-state index contributed by atoms with van der Waals surface area (Å²) in [6.45, 7) is 2.94. The van der Waals surface area contributed by atoms with E-state index in [2.05, 4.69) is 10.3 Å². The van der Waals surface area contributed by atoms with Gasteiger partial charge in [0.05, 0.1) is 18.2 Å². The summed E-state index contributed by atoms with van der Waals surface area (Å²) in [5.74, 6) is -0.284. The number of hydrogen-bond donors (Lipinski definition) is 4. The lowest BCUT2D eigenvalue weighted by atomic mass is 10.0. The van der Waals surface area contributed by atoms with Gasteiger partial charge in [0, 0.05) is 24.9 Å². The summed E-state index contributed by atoms with van der Waals surface area (Å²) in [6.07, 6.45) is 1.91. The van der Waals surface area contributed by atoms with Gasteiger partial charge in [-0.05, 0) is 43.5 Å². The third-order valence-electron chi connectivity index (χ3n) is 3.91. The largest absolute Gasteiger partial charge is 0.506 e. The fourth-order valence-corrected chi connectivity index (χ4v) is 2.64. The molecule has 0 aliphatic heterocycles. The quantitative estimate of drug-likeness (QED) is 0.404. The topological polar surface area (TPSA) is 112 Å². The maximum atomic E-state index is 11.4. The number of aromatic nitrogens is 1. The number of aliphatic hydroxyl groups is 1. The van der Waals surface area contributed by atoms with E-state index in [-0.39, 0.29) is 17.3 Å². The highest BCUT2D eigenvalue weighted by Crippen LogP contribution is 2.28. The number of aromatic hydroxyl groups is 1. The lowest BCUT2D eigenvalue weighted by Gasteiger charge is -2.15. The maximum absolute atomic E-state index is 11.4. The van der Waals surface area contributed by atoms with Gasteiger partial charge in [-0.3, -0.25) is 9.59 Å². The van der Waals surface area contributed by atoms with Crippen LogP contribution in [0.25, 0.3) is 10.9 Å². The molecule has 1 aromatic carbocycles. The van der Waals surface area contributed by atoms with E-state index >= 15 is 0 Å². The third kappa shape index (κ3) is 5.58. The number of ether oxygens (including phenoxy) is 1. The highest BCUT2D eigenvalue weighted by atomic mass is 16.5. The van der Waals surface area contributed by atoms with Crippen molar-refractivity contribution in [3.05, 3.63) is 40.2 Å². The Labute approximate surface area is 145 Å². The van der Waals surface area contributed by atoms with Crippen molar-refractivity contribution in [2.75, 3.05) is 19.7 Å². The van der Waals surface area contributed by atoms with Crippen LogP contribution in [0.3, 0.4) is 0 Å². The predicted molar refractivity (Wildman–Crippen MR) is 94.5 cm³/mol. The number of pyridine rings is 1. The first kappa shape index (κ1) is 19.0. The van der Waals surface area contributed by atoms with Crippen molar-refractivity contribution in [1.82, 2.24) is 10.3 Å². The number of carbonyl (C=O) groups excluding carboxylic acids is 1. The smallest absolute Gasteiger partial charge is 0.302 e. The molecule has 0 bridgehead atoms. The number of aromatic amines is 1. The summed E-state index contributed by atoms with van der Waals surface area (Å²) in [4.78, 5) is 24.6. The second-order valence-corrected chi connectivity index (χ2v) is 5.91. The average Bonchev–Trinajstić information content (AvgIpc) is 2.57. The first-order valence-electron chi connectivity index (χ1n) is 8.36. The average molecular weight is 348 g/mol. The second-order valence-electron chi connectivity index (χ2n) is 5.91. The first-order valence-corrected chi connectivity index (χ1v) is 8.36. The summed E-state index contributed by atoms with van der Waals surface area (Å²) in [6, 6.07) is 6.09. The highest BCUT2D eigenvalue weighted by molar-refractivity contribution is 5.87. The lowest BCUT2D eigenvalue weighted by molar-refractivity contribution is -0.141. The molecule has 0 saturated heterocycles. The van der Waals surface area contributed by atoms with Crippen molar-refractivity contribution in [2.24, 2.45) is 0 Å². The minimum atomic E-state index is -0.755. The Bertz CT molecular complexity index is 772. The van der Waals surface area contributed by atoms with Gasteiger partial charge in [0.1, 0.15) is 5.75 Å². The molecule has 2 aromatic rings. The Kier molecular flexibility index (Phi) is 6.97. The van der Waals surface area contributed by atoms with E-state index in [0.717, 1.165) is 25.8 Å². The zero-order chi connectivity index (χ0) is 18.2. The van der Waals surface area contributed by atoms with E-state index in [4.69, 9.17) is 4.74 Å². The molecule has 0 amide bonds. The molecular weight excluding hydrogens is 324 g/mol. The predicted octanol–water partition coefficient (Wildman–Crippen LogP) is 1.59. The van der Waals surface area contributed by atoms with Crippen LogP contribution in [0.5, 0.6) is 5.75 Å². The van der Waals surface area contributed by atoms with E-state index in [1.807, 2.05) is 0 Å². The lowest BCUT2D eigenvalue weighted by Crippen LogP contribution is -2.23. The van der Waals surface area contributed by atoms with E-state index in [0.29, 0.717) is 29.6 Å². The number of fused-ring (bicyclic) bond motifs is 1. The van der Waals surface area contributed by atoms with Gasteiger partial charge < -0.3 is 25.3 Å². The highest BCUT2D eigenvalue weighted by Gasteiger charge is 2.13. The third-order valence-corrected chi connectivity index (χ3v) is 3.91. The van der Waals surface area contributed by atoms with Crippen molar-refractivity contribution in [3.8, 4) is 5.75 Å². The fraction of sp³-hybridized carbons (Fsp3) is 0.444. The molecule has 0 spiro atoms. The second kappa shape index (κ2) is 9.19. The number of esters is 1. The van der Waals surface area contributed by atoms with E-state index < -0.39 is 6.10 Å². The minimum absolute atomic E-state index is 0.0237. The number of benzene rings is 1. The van der Waals surface area contributed by atoms with E-state index in [1.54, 1.807) is 12.1 Å². The molecule has 0 unspecified atom stereocenters. The number of unbranched alkanes of at least 4 members (excludes halogenated alkanes) is 2. The Morgan fingerprint density at radius 3 is 2.80 bits per heavy atom. The van der Waals surface area contributed by atoms with Crippen LogP contribution in [0.2, 0.25) is 0 Å². The Hall–Kier alpha value is -2.38. The zero-order valence-corrected chi connectivity index (χ0v) is 14.2. The number of hydrogen-bond acceptors (Lipinski definition) is 6. The van der Waals surface area contributed by atoms with Gasteiger partial charge >= 0.3 is 5.97 Å². The van der Waals surface area contributed by atoms with Gasteiger partial charge in [0.2, 0.25) is 5.56 Å². The van der Waals surface area contributed by atoms with Crippen LogP contribution < -0.4 is 10.9 Å². The van der Waals surface area contributed by atoms with Crippen LogP contribution in [-0.2, 0) is 9.53 Å². The van der Waals surface area contributed by atoms with Gasteiger partial charge in [0.15, 0.2) is 0 Å². The molecule has 2 rings (SSSR count). The Balaban J connectivity index is 1.82. The van der Waals surface area contributed by atoms with Crippen LogP contribution in [0.1, 0.15) is 37.9 Å². The molecule has 136 valence electrons. The number of H-pyrrole nitrogens is 1. The van der Waals surface area contributed by atoms with Gasteiger partial charge in [-0.2, -0.15) is 0 Å². The number of carbonyl (C=O) groups is 1. The number of nitrogens with one attached hydrogen (secondary N) is 2. The van der Waals surface area contributed by atoms with Crippen molar-refractivity contribution < 1.29 is 19.7 Å². The fourth-order valence-electron chi connectivity index (χ4n) is 2.64. The molecule has 7 nitrogen and oxygen atoms in total. The summed E-state index contributed by atoms with van der Waals surface area (Å²) in [7, 11) is 0. The first-order chi connectivity index (χ1) is 12.0. The molecule has 0 aliphatic carbocycles. The standard InChI is InChI=1S/C18H24N2O5/c1-12(21)25-10-4-2-3-9-19-11-16(23)13-5-7-15(22)18-14(13)6-8-17(24)20-18/h5-8,16,19,22-23H,2-4,9-11H2,1H3,(H,20,24)/t16-/m1/s1. The molecule has 25 heavy (non-hydrogen) atoms. The number of phenols is 1. The van der Waals surface area contributed by atoms with Crippen LogP contribution in [0.15, 0.2) is 29.1 Å². The van der Waals surface area contributed by atoms with Gasteiger partial charge in [-0.15, -0.1) is 0 Å². The van der Waals surface area contributed by atoms with E-state index in [1.165, 1.54) is 19.1 Å². The molecule has 1 aromatic heterocycles. The molecule has 0 aliphatic rings. The zero-order valence-electron chi connectivity index (χ0n) is 14.2. The van der Waals surface area contributed by atoms with Crippen LogP contribution in [0.4, 0.5) is 0 Å². The monoisotopic (exact) mass is 348 g/mol. The number of phenolic OH excluding ortho intramolecular Hbond substituents is 1. The molecule has 0 saturated carbocycles. The summed E-state index contributed by atoms with van der Waals surface area (Å²) >= 11 is 0. The number of aliphatic hydroxyl groups excluding tert-OH is 1. The van der Waals surface area contributed by atoms with Crippen LogP contribution in [0, 0.1) is 0 Å². The van der Waals surface area contributed by atoms with E-state index in [9.17, 15) is 19.8 Å². The van der Waals surface area contributed by atoms with Crippen molar-refractivity contribution in [2.45, 2.75) is 32.3 Å². The molecular formula is C18H24N2O5. The van der Waals surface area contributed by atoms with Crippen molar-refractivity contribution in [1.29, 1.82) is 0 Å². The summed E-state index contributed by atoms with van der Waals surface area (Å²) < 4.78 is 4.86. The molecule has 0 fully saturated rings. The molecule has 1 heterocycles. The molecule has 1 atom stereocenters. The summed E-state index contributed by atoms with van der Waals surface area (Å²) in [5.41, 5.74) is 0.669. The van der Waals surface area contributed by atoms with Gasteiger partial charge in [-0.1, -0.05) is 6.07 Å². The minimum Gasteiger partial charge on any atom is -0.506 e. The summed E-state index contributed by atoms with van der Waals surface area (Å²) in [5, 5.41) is 24.0. The number of rotatable bonds is 9. The normalized spacial score (nSPS) is 12.2. The van der Waals surface area contributed by atoms with Gasteiger partial charge in [0.25, 0.3) is 0 Å². The van der Waals surface area contributed by atoms with Crippen molar-refractivity contribution >= 4 is 16.9 Å².